The number of nitrogens with one attached hydrogen (secondary N) is 3. The maximum absolute atomic E-state index is 15.3. The van der Waals surface area contributed by atoms with E-state index >= 15 is 8.78 Å². The van der Waals surface area contributed by atoms with Crippen LogP contribution in [-0.2, 0) is 37.8 Å². The van der Waals surface area contributed by atoms with Gasteiger partial charge in [0, 0.05) is 43.2 Å². The van der Waals surface area contributed by atoms with E-state index in [0.717, 1.165) is 28.8 Å². The van der Waals surface area contributed by atoms with Crippen molar-refractivity contribution in [1.82, 2.24) is 19.4 Å². The summed E-state index contributed by atoms with van der Waals surface area (Å²) in [5.74, 6) is -6.44. The van der Waals surface area contributed by atoms with E-state index in [1.165, 1.54) is 56.9 Å². The van der Waals surface area contributed by atoms with Gasteiger partial charge in [-0.2, -0.15) is 13.2 Å². The average molecular weight is 795 g/mol. The molecular formula is C35H35F5N6O8S. The fraction of sp³-hybridized carbons (Fsp3) is 0.314. The van der Waals surface area contributed by atoms with Crippen LogP contribution < -0.4 is 26.6 Å². The molecule has 4 aromatic rings. The quantitative estimate of drug-likeness (QED) is 0.140. The van der Waals surface area contributed by atoms with Crippen LogP contribution in [0.2, 0.25) is 0 Å². The number of sulfonamides is 1. The number of benzene rings is 2. The number of nitrogens with zero attached hydrogens (tertiary/aromatic N) is 3. The first-order chi connectivity index (χ1) is 25.4. The zero-order chi connectivity index (χ0) is 41.2. The van der Waals surface area contributed by atoms with Crippen LogP contribution in [0.5, 0.6) is 0 Å². The minimum Gasteiger partial charge on any atom is -0.461 e. The van der Waals surface area contributed by atoms with Crippen LogP contribution in [-0.4, -0.2) is 58.6 Å². The normalized spacial score (nSPS) is 12.6. The number of amides is 2. The third-order valence-electron chi connectivity index (χ3n) is 8.08. The van der Waals surface area contributed by atoms with Crippen molar-refractivity contribution in [3.05, 3.63) is 110 Å². The van der Waals surface area contributed by atoms with E-state index in [4.69, 9.17) is 4.74 Å². The number of anilines is 2. The largest absolute Gasteiger partial charge is 0.461 e. The van der Waals surface area contributed by atoms with Crippen LogP contribution >= 0.6 is 0 Å². The number of esters is 1. The molecule has 0 aliphatic heterocycles. The highest BCUT2D eigenvalue weighted by Gasteiger charge is 2.53. The Labute approximate surface area is 310 Å². The van der Waals surface area contributed by atoms with E-state index in [2.05, 4.69) is 10.3 Å². The van der Waals surface area contributed by atoms with Crippen molar-refractivity contribution in [3.8, 4) is 5.82 Å². The van der Waals surface area contributed by atoms with Gasteiger partial charge in [-0.3, -0.25) is 19.1 Å². The maximum atomic E-state index is 15.3. The Morgan fingerprint density at radius 1 is 0.964 bits per heavy atom. The summed E-state index contributed by atoms with van der Waals surface area (Å²) in [6.07, 6.45) is -3.19. The van der Waals surface area contributed by atoms with Gasteiger partial charge in [-0.15, -0.1) is 0 Å². The van der Waals surface area contributed by atoms with Crippen molar-refractivity contribution in [3.63, 3.8) is 0 Å². The summed E-state index contributed by atoms with van der Waals surface area (Å²) in [6, 6.07) is 5.84. The molecule has 2 aromatic carbocycles. The van der Waals surface area contributed by atoms with Gasteiger partial charge < -0.3 is 19.9 Å². The highest BCUT2D eigenvalue weighted by atomic mass is 32.2. The number of ether oxygens (including phenoxy) is 1. The fourth-order valence-electron chi connectivity index (χ4n) is 4.81. The number of halogens is 5. The second kappa shape index (κ2) is 15.8. The van der Waals surface area contributed by atoms with Gasteiger partial charge in [0.05, 0.1) is 22.3 Å². The van der Waals surface area contributed by atoms with Crippen molar-refractivity contribution in [2.75, 3.05) is 10.0 Å². The predicted octanol–water partition coefficient (Wildman–Crippen LogP) is 4.14. The molecule has 14 nitrogen and oxygen atoms in total. The molecule has 0 unspecified atom stereocenters. The van der Waals surface area contributed by atoms with Gasteiger partial charge in [-0.25, -0.2) is 36.3 Å². The SMILES string of the molecule is Cc1cn(C)c(=O)n(-c2ccc(C[C@H](NC(=O)c3cc(F)c(NS(=O)(=O)c4ccc(NC(=O)C(C)(C)C(F)(F)F)cc4)cc3F)C(=O)OC(C)C)cn2)c1=O. The predicted molar refractivity (Wildman–Crippen MR) is 188 cm³/mol. The van der Waals surface area contributed by atoms with Crippen molar-refractivity contribution >= 4 is 39.2 Å². The highest BCUT2D eigenvalue weighted by Crippen LogP contribution is 2.38. The third-order valence-corrected chi connectivity index (χ3v) is 9.47. The lowest BCUT2D eigenvalue weighted by Crippen LogP contribution is -2.44. The Kier molecular flexibility index (Phi) is 12.0. The summed E-state index contributed by atoms with van der Waals surface area (Å²) in [5, 5.41) is 4.31. The van der Waals surface area contributed by atoms with Gasteiger partial charge in [0.15, 0.2) is 0 Å². The lowest BCUT2D eigenvalue weighted by Gasteiger charge is -2.26. The molecule has 1 atom stereocenters. The molecule has 0 bridgehead atoms. The smallest absolute Gasteiger partial charge is 0.402 e. The molecule has 0 saturated carbocycles. The standard InChI is InChI=1S/C35H35F5N6O8S/c1-18(2)54-31(49)27(13-20-7-12-28(41-16-20)46-30(48)19(3)17-45(6)33(46)51)43-29(47)23-14-25(37)26(15-24(23)36)44-55(52,53)22-10-8-21(9-11-22)42-32(50)34(4,5)35(38,39)40/h7-12,14-18,27,44H,13H2,1-6H3,(H,42,50)(H,43,47)/t27-/m0/s1. The Hall–Kier alpha value is -5.92. The summed E-state index contributed by atoms with van der Waals surface area (Å²) in [7, 11) is -3.19. The molecule has 294 valence electrons. The molecule has 2 heterocycles. The molecule has 3 N–H and O–H groups in total. The average Bonchev–Trinajstić information content (AvgIpc) is 3.08. The van der Waals surface area contributed by atoms with Crippen LogP contribution in [0, 0.1) is 24.0 Å². The second-order valence-electron chi connectivity index (χ2n) is 13.1. The van der Waals surface area contributed by atoms with Gasteiger partial charge >= 0.3 is 17.8 Å². The summed E-state index contributed by atoms with van der Waals surface area (Å²) < 4.78 is 105. The number of hydrogen-bond acceptors (Lipinski definition) is 9. The fourth-order valence-corrected chi connectivity index (χ4v) is 5.87. The van der Waals surface area contributed by atoms with E-state index in [9.17, 15) is 45.6 Å². The van der Waals surface area contributed by atoms with Crippen LogP contribution in [0.3, 0.4) is 0 Å². The van der Waals surface area contributed by atoms with Gasteiger partial charge in [0.2, 0.25) is 5.91 Å². The van der Waals surface area contributed by atoms with E-state index in [0.29, 0.717) is 31.5 Å². The summed E-state index contributed by atoms with van der Waals surface area (Å²) in [6.45, 7) is 5.91. The zero-order valence-electron chi connectivity index (χ0n) is 30.0. The highest BCUT2D eigenvalue weighted by molar-refractivity contribution is 7.92. The van der Waals surface area contributed by atoms with Crippen LogP contribution in [0.1, 0.15) is 49.2 Å². The second-order valence-corrected chi connectivity index (χ2v) is 14.8. The van der Waals surface area contributed by atoms with Crippen molar-refractivity contribution in [2.45, 2.75) is 64.3 Å². The minimum atomic E-state index is -4.87. The van der Waals surface area contributed by atoms with Crippen LogP contribution in [0.4, 0.5) is 33.3 Å². The molecule has 4 rings (SSSR count). The molecule has 2 aromatic heterocycles. The molecule has 0 aliphatic rings. The number of aromatic nitrogens is 3. The Morgan fingerprint density at radius 2 is 1.60 bits per heavy atom. The van der Waals surface area contributed by atoms with Gasteiger partial charge in [0.1, 0.15) is 28.9 Å². The topological polar surface area (TPSA) is 188 Å². The van der Waals surface area contributed by atoms with Crippen molar-refractivity contribution in [2.24, 2.45) is 12.5 Å². The molecule has 0 spiro atoms. The number of alkyl halides is 3. The van der Waals surface area contributed by atoms with Crippen LogP contribution in [0.15, 0.2) is 75.4 Å². The van der Waals surface area contributed by atoms with E-state index < -0.39 is 90.6 Å². The van der Waals surface area contributed by atoms with E-state index in [-0.39, 0.29) is 23.5 Å². The number of pyridine rings is 1. The molecule has 0 saturated heterocycles. The van der Waals surface area contributed by atoms with Crippen molar-refractivity contribution < 1.29 is 49.5 Å². The molecule has 0 aliphatic carbocycles. The number of aryl methyl sites for hydroxylation is 2. The first-order valence-electron chi connectivity index (χ1n) is 16.2. The Bertz CT molecular complexity index is 2320. The van der Waals surface area contributed by atoms with Gasteiger partial charge in [-0.05, 0) is 76.6 Å². The molecule has 0 radical (unpaired) electrons. The molecule has 20 heteroatoms. The zero-order valence-corrected chi connectivity index (χ0v) is 30.9. The monoisotopic (exact) mass is 794 g/mol. The summed E-state index contributed by atoms with van der Waals surface area (Å²) >= 11 is 0. The molecular weight excluding hydrogens is 759 g/mol. The third kappa shape index (κ3) is 9.42. The molecule has 2 amide bonds. The number of carbonyl (C=O) groups excluding carboxylic acids is 3. The van der Waals surface area contributed by atoms with E-state index in [1.54, 1.807) is 0 Å². The summed E-state index contributed by atoms with van der Waals surface area (Å²) in [4.78, 5) is 67.1. The lowest BCUT2D eigenvalue weighted by atomic mass is 9.91. The van der Waals surface area contributed by atoms with Crippen LogP contribution in [0.25, 0.3) is 5.82 Å². The lowest BCUT2D eigenvalue weighted by molar-refractivity contribution is -0.208. The Morgan fingerprint density at radius 3 is 2.16 bits per heavy atom. The number of carbonyl (C=O) groups is 3. The first kappa shape index (κ1) is 41.8. The van der Waals surface area contributed by atoms with Gasteiger partial charge in [0.25, 0.3) is 21.5 Å². The van der Waals surface area contributed by atoms with E-state index in [1.807, 2.05) is 10.0 Å². The van der Waals surface area contributed by atoms with Crippen molar-refractivity contribution in [1.29, 1.82) is 0 Å². The number of rotatable bonds is 12. The molecule has 0 fully saturated rings. The minimum absolute atomic E-state index is 0.0221. The Balaban J connectivity index is 1.52. The van der Waals surface area contributed by atoms with Gasteiger partial charge in [-0.1, -0.05) is 6.07 Å². The first-order valence-corrected chi connectivity index (χ1v) is 17.7. The molecule has 55 heavy (non-hydrogen) atoms. The number of hydrogen-bond donors (Lipinski definition) is 3. The summed E-state index contributed by atoms with van der Waals surface area (Å²) in [5.41, 5.74) is -5.44. The maximum Gasteiger partial charge on any atom is 0.402 e.